The number of thiazole rings is 1. The zero-order chi connectivity index (χ0) is 9.97. The van der Waals surface area contributed by atoms with Gasteiger partial charge in [-0.2, -0.15) is 0 Å². The van der Waals surface area contributed by atoms with Gasteiger partial charge in [-0.3, -0.25) is 4.90 Å². The van der Waals surface area contributed by atoms with Crippen LogP contribution in [0.1, 0.15) is 18.9 Å². The average molecular weight is 211 g/mol. The molecule has 2 unspecified atom stereocenters. The van der Waals surface area contributed by atoms with E-state index in [1.54, 1.807) is 11.3 Å². The molecular weight excluding hydrogens is 194 g/mol. The van der Waals surface area contributed by atoms with Crippen LogP contribution in [0.2, 0.25) is 0 Å². The smallest absolute Gasteiger partial charge is 0.107 e. The molecule has 2 rings (SSSR count). The van der Waals surface area contributed by atoms with Crippen molar-refractivity contribution in [3.8, 4) is 0 Å². The van der Waals surface area contributed by atoms with Gasteiger partial charge in [0.05, 0.1) is 6.54 Å². The van der Waals surface area contributed by atoms with Crippen molar-refractivity contribution in [1.29, 1.82) is 0 Å². The summed E-state index contributed by atoms with van der Waals surface area (Å²) in [6, 6.07) is 1.23. The standard InChI is InChI=1S/C10H17N3S/c1-8-5-11-6-9(2)13(8)7-10-12-3-4-14-10/h3-4,8-9,11H,5-7H2,1-2H3. The highest BCUT2D eigenvalue weighted by molar-refractivity contribution is 7.09. The Morgan fingerprint density at radius 1 is 1.50 bits per heavy atom. The molecule has 1 aromatic heterocycles. The van der Waals surface area contributed by atoms with E-state index < -0.39 is 0 Å². The van der Waals surface area contributed by atoms with Crippen LogP contribution in [0, 0.1) is 0 Å². The Labute approximate surface area is 89.1 Å². The molecule has 0 saturated carbocycles. The predicted molar refractivity (Wildman–Crippen MR) is 59.5 cm³/mol. The van der Waals surface area contributed by atoms with Crippen LogP contribution in [0.4, 0.5) is 0 Å². The van der Waals surface area contributed by atoms with Gasteiger partial charge in [-0.1, -0.05) is 0 Å². The Morgan fingerprint density at radius 2 is 2.21 bits per heavy atom. The van der Waals surface area contributed by atoms with E-state index in [0.29, 0.717) is 12.1 Å². The summed E-state index contributed by atoms with van der Waals surface area (Å²) in [6.07, 6.45) is 1.89. The molecule has 4 heteroatoms. The van der Waals surface area contributed by atoms with Crippen molar-refractivity contribution >= 4 is 11.3 Å². The van der Waals surface area contributed by atoms with Crippen molar-refractivity contribution in [1.82, 2.24) is 15.2 Å². The summed E-state index contributed by atoms with van der Waals surface area (Å²) in [5.41, 5.74) is 0. The first kappa shape index (κ1) is 10.1. The van der Waals surface area contributed by atoms with Gasteiger partial charge >= 0.3 is 0 Å². The van der Waals surface area contributed by atoms with Crippen LogP contribution in [-0.2, 0) is 6.54 Å². The first-order valence-corrected chi connectivity index (χ1v) is 6.00. The van der Waals surface area contributed by atoms with Crippen LogP contribution < -0.4 is 5.32 Å². The molecule has 1 aliphatic rings. The van der Waals surface area contributed by atoms with E-state index >= 15 is 0 Å². The van der Waals surface area contributed by atoms with Gasteiger partial charge in [-0.05, 0) is 13.8 Å². The summed E-state index contributed by atoms with van der Waals surface area (Å²) < 4.78 is 0. The lowest BCUT2D eigenvalue weighted by Gasteiger charge is -2.38. The van der Waals surface area contributed by atoms with Crippen LogP contribution in [0.25, 0.3) is 0 Å². The van der Waals surface area contributed by atoms with Crippen molar-refractivity contribution in [3.05, 3.63) is 16.6 Å². The SMILES string of the molecule is CC1CNCC(C)N1Cc1nccs1. The minimum absolute atomic E-state index is 0.614. The van der Waals surface area contributed by atoms with E-state index in [9.17, 15) is 0 Å². The van der Waals surface area contributed by atoms with Crippen molar-refractivity contribution in [2.24, 2.45) is 0 Å². The fourth-order valence-corrected chi connectivity index (χ4v) is 2.59. The zero-order valence-electron chi connectivity index (χ0n) is 8.73. The predicted octanol–water partition coefficient (Wildman–Crippen LogP) is 1.33. The molecule has 0 amide bonds. The molecule has 1 saturated heterocycles. The second-order valence-corrected chi connectivity index (χ2v) is 4.93. The molecule has 1 fully saturated rings. The molecule has 3 nitrogen and oxygen atoms in total. The zero-order valence-corrected chi connectivity index (χ0v) is 9.55. The summed E-state index contributed by atoms with van der Waals surface area (Å²) in [6.45, 7) is 7.74. The number of nitrogens with one attached hydrogen (secondary N) is 1. The average Bonchev–Trinajstić information content (AvgIpc) is 2.64. The minimum Gasteiger partial charge on any atom is -0.314 e. The van der Waals surface area contributed by atoms with Gasteiger partial charge in [0.1, 0.15) is 5.01 Å². The monoisotopic (exact) mass is 211 g/mol. The highest BCUT2D eigenvalue weighted by atomic mass is 32.1. The second kappa shape index (κ2) is 4.38. The van der Waals surface area contributed by atoms with E-state index in [2.05, 4.69) is 29.0 Å². The van der Waals surface area contributed by atoms with Crippen LogP contribution in [0.15, 0.2) is 11.6 Å². The highest BCUT2D eigenvalue weighted by Crippen LogP contribution is 2.15. The number of aromatic nitrogens is 1. The van der Waals surface area contributed by atoms with Gasteiger partial charge in [-0.15, -0.1) is 11.3 Å². The first-order chi connectivity index (χ1) is 6.77. The molecule has 1 aliphatic heterocycles. The van der Waals surface area contributed by atoms with Crippen LogP contribution in [0.5, 0.6) is 0 Å². The Bertz CT molecular complexity index is 263. The Kier molecular flexibility index (Phi) is 3.15. The van der Waals surface area contributed by atoms with Gasteiger partial charge in [0.2, 0.25) is 0 Å². The Morgan fingerprint density at radius 3 is 2.79 bits per heavy atom. The summed E-state index contributed by atoms with van der Waals surface area (Å²) in [5.74, 6) is 0. The fraction of sp³-hybridized carbons (Fsp3) is 0.700. The summed E-state index contributed by atoms with van der Waals surface area (Å²) in [5, 5.41) is 6.71. The van der Waals surface area contributed by atoms with Crippen LogP contribution in [-0.4, -0.2) is 35.1 Å². The summed E-state index contributed by atoms with van der Waals surface area (Å²) in [7, 11) is 0. The maximum atomic E-state index is 4.34. The molecule has 78 valence electrons. The fourth-order valence-electron chi connectivity index (χ4n) is 1.97. The Hall–Kier alpha value is -0.450. The van der Waals surface area contributed by atoms with Crippen LogP contribution in [0.3, 0.4) is 0 Å². The molecule has 0 bridgehead atoms. The lowest BCUT2D eigenvalue weighted by atomic mass is 10.1. The van der Waals surface area contributed by atoms with E-state index in [1.807, 2.05) is 11.6 Å². The number of hydrogen-bond donors (Lipinski definition) is 1. The molecule has 1 aromatic rings. The van der Waals surface area contributed by atoms with E-state index in [-0.39, 0.29) is 0 Å². The van der Waals surface area contributed by atoms with E-state index in [1.165, 1.54) is 5.01 Å². The Balaban J connectivity index is 2.01. The van der Waals surface area contributed by atoms with E-state index in [0.717, 1.165) is 19.6 Å². The lowest BCUT2D eigenvalue weighted by molar-refractivity contribution is 0.108. The molecule has 0 spiro atoms. The summed E-state index contributed by atoms with van der Waals surface area (Å²) in [4.78, 5) is 6.86. The highest BCUT2D eigenvalue weighted by Gasteiger charge is 2.24. The van der Waals surface area contributed by atoms with E-state index in [4.69, 9.17) is 0 Å². The number of nitrogens with zero attached hydrogens (tertiary/aromatic N) is 2. The maximum absolute atomic E-state index is 4.34. The number of piperazine rings is 1. The van der Waals surface area contributed by atoms with Crippen molar-refractivity contribution in [3.63, 3.8) is 0 Å². The second-order valence-electron chi connectivity index (χ2n) is 3.95. The molecule has 1 N–H and O–H groups in total. The minimum atomic E-state index is 0.614. The maximum Gasteiger partial charge on any atom is 0.107 e. The molecular formula is C10H17N3S. The molecule has 0 radical (unpaired) electrons. The van der Waals surface area contributed by atoms with Crippen molar-refractivity contribution < 1.29 is 0 Å². The van der Waals surface area contributed by atoms with Crippen molar-refractivity contribution in [2.75, 3.05) is 13.1 Å². The summed E-state index contributed by atoms with van der Waals surface area (Å²) >= 11 is 1.75. The van der Waals surface area contributed by atoms with Gasteiger partial charge in [0.15, 0.2) is 0 Å². The lowest BCUT2D eigenvalue weighted by Crippen LogP contribution is -2.54. The third-order valence-electron chi connectivity index (χ3n) is 2.81. The number of rotatable bonds is 2. The topological polar surface area (TPSA) is 28.2 Å². The molecule has 14 heavy (non-hydrogen) atoms. The van der Waals surface area contributed by atoms with Gasteiger partial charge < -0.3 is 5.32 Å². The number of hydrogen-bond acceptors (Lipinski definition) is 4. The first-order valence-electron chi connectivity index (χ1n) is 5.12. The van der Waals surface area contributed by atoms with Gasteiger partial charge in [0.25, 0.3) is 0 Å². The normalized spacial score (nSPS) is 29.3. The third kappa shape index (κ3) is 2.13. The largest absolute Gasteiger partial charge is 0.314 e. The van der Waals surface area contributed by atoms with Crippen molar-refractivity contribution in [2.45, 2.75) is 32.5 Å². The van der Waals surface area contributed by atoms with Crippen LogP contribution >= 0.6 is 11.3 Å². The van der Waals surface area contributed by atoms with Gasteiger partial charge in [0, 0.05) is 36.8 Å². The van der Waals surface area contributed by atoms with Gasteiger partial charge in [-0.25, -0.2) is 4.98 Å². The molecule has 0 aromatic carbocycles. The third-order valence-corrected chi connectivity index (χ3v) is 3.58. The quantitative estimate of drug-likeness (QED) is 0.800. The molecule has 2 heterocycles. The molecule has 2 atom stereocenters. The molecule has 0 aliphatic carbocycles.